The smallest absolute Gasteiger partial charge is 0.323 e. The molecular weight excluding hydrogens is 202 g/mol. The monoisotopic (exact) mass is 215 g/mol. The number of carboxylic acid groups (broad SMARTS) is 1. The van der Waals surface area contributed by atoms with Gasteiger partial charge in [0.15, 0.2) is 0 Å². The van der Waals surface area contributed by atoms with Gasteiger partial charge in [0.25, 0.3) is 0 Å². The van der Waals surface area contributed by atoms with Crippen LogP contribution < -0.4 is 5.32 Å². The van der Waals surface area contributed by atoms with Crippen LogP contribution in [0.25, 0.3) is 0 Å². The van der Waals surface area contributed by atoms with Crippen LogP contribution in [0, 0.1) is 0 Å². The van der Waals surface area contributed by atoms with Crippen molar-refractivity contribution in [1.82, 2.24) is 5.32 Å². The van der Waals surface area contributed by atoms with Crippen molar-refractivity contribution in [1.29, 1.82) is 0 Å². The summed E-state index contributed by atoms with van der Waals surface area (Å²) in [6.45, 7) is 0.749. The van der Waals surface area contributed by atoms with Crippen LogP contribution >= 0.6 is 11.3 Å². The predicted octanol–water partition coefficient (Wildman–Crippen LogP) is 0.937. The van der Waals surface area contributed by atoms with Gasteiger partial charge in [0.2, 0.25) is 0 Å². The molecule has 0 aliphatic carbocycles. The summed E-state index contributed by atoms with van der Waals surface area (Å²) in [4.78, 5) is 11.8. The van der Waals surface area contributed by atoms with Crippen LogP contribution in [-0.2, 0) is 16.1 Å². The van der Waals surface area contributed by atoms with Crippen molar-refractivity contribution in [3.8, 4) is 0 Å². The van der Waals surface area contributed by atoms with E-state index in [-0.39, 0.29) is 6.61 Å². The molecule has 2 N–H and O–H groups in total. The first-order valence-electron chi connectivity index (χ1n) is 4.21. The lowest BCUT2D eigenvalue weighted by atomic mass is 10.3. The van der Waals surface area contributed by atoms with E-state index < -0.39 is 12.0 Å². The molecule has 0 saturated carbocycles. The van der Waals surface area contributed by atoms with E-state index in [1.165, 1.54) is 7.11 Å². The molecule has 4 nitrogen and oxygen atoms in total. The van der Waals surface area contributed by atoms with Gasteiger partial charge in [0.05, 0.1) is 6.61 Å². The molecule has 0 bridgehead atoms. The van der Waals surface area contributed by atoms with E-state index >= 15 is 0 Å². The van der Waals surface area contributed by atoms with E-state index in [9.17, 15) is 4.79 Å². The normalized spacial score (nSPS) is 12.6. The summed E-state index contributed by atoms with van der Waals surface area (Å²) in [5.41, 5.74) is 0. The highest BCUT2D eigenvalue weighted by Crippen LogP contribution is 2.07. The van der Waals surface area contributed by atoms with Gasteiger partial charge in [-0.05, 0) is 11.4 Å². The zero-order chi connectivity index (χ0) is 10.4. The number of carboxylic acids is 1. The number of ether oxygens (including phenoxy) is 1. The summed E-state index contributed by atoms with van der Waals surface area (Å²) in [6.07, 6.45) is 0. The lowest BCUT2D eigenvalue weighted by Gasteiger charge is -2.12. The van der Waals surface area contributed by atoms with E-state index in [1.807, 2.05) is 17.5 Å². The molecule has 1 rings (SSSR count). The summed E-state index contributed by atoms with van der Waals surface area (Å²) in [6, 6.07) is 3.26. The summed E-state index contributed by atoms with van der Waals surface area (Å²) >= 11 is 1.60. The number of carbonyl (C=O) groups is 1. The minimum absolute atomic E-state index is 0.181. The van der Waals surface area contributed by atoms with Crippen molar-refractivity contribution in [3.63, 3.8) is 0 Å². The van der Waals surface area contributed by atoms with Crippen LogP contribution in [0.5, 0.6) is 0 Å². The van der Waals surface area contributed by atoms with Crippen molar-refractivity contribution >= 4 is 17.3 Å². The molecule has 5 heteroatoms. The molecule has 0 saturated heterocycles. The molecule has 1 aromatic heterocycles. The standard InChI is InChI=1S/C9H13NO3S/c1-13-6-8(9(11)12)10-5-7-3-2-4-14-7/h2-4,8,10H,5-6H2,1H3,(H,11,12). The molecule has 1 unspecified atom stereocenters. The Labute approximate surface area is 86.5 Å². The quantitative estimate of drug-likeness (QED) is 0.741. The number of hydrogen-bond donors (Lipinski definition) is 2. The van der Waals surface area contributed by atoms with Gasteiger partial charge < -0.3 is 9.84 Å². The molecule has 1 atom stereocenters. The zero-order valence-corrected chi connectivity index (χ0v) is 8.71. The van der Waals surface area contributed by atoms with Crippen LogP contribution in [0.1, 0.15) is 4.88 Å². The van der Waals surface area contributed by atoms with Crippen LogP contribution in [0.3, 0.4) is 0 Å². The first-order chi connectivity index (χ1) is 6.74. The lowest BCUT2D eigenvalue weighted by Crippen LogP contribution is -2.39. The first kappa shape index (κ1) is 11.2. The molecule has 0 aliphatic rings. The molecule has 14 heavy (non-hydrogen) atoms. The Kier molecular flexibility index (Phi) is 4.58. The molecule has 1 aromatic rings. The van der Waals surface area contributed by atoms with Gasteiger partial charge in [-0.25, -0.2) is 0 Å². The Hall–Kier alpha value is -0.910. The minimum Gasteiger partial charge on any atom is -0.480 e. The molecule has 0 aliphatic heterocycles. The van der Waals surface area contributed by atoms with Crippen molar-refractivity contribution in [2.45, 2.75) is 12.6 Å². The third-order valence-corrected chi connectivity index (χ3v) is 2.61. The van der Waals surface area contributed by atoms with E-state index in [1.54, 1.807) is 11.3 Å². The van der Waals surface area contributed by atoms with E-state index in [2.05, 4.69) is 5.32 Å². The van der Waals surface area contributed by atoms with Gasteiger partial charge >= 0.3 is 5.97 Å². The second kappa shape index (κ2) is 5.74. The highest BCUT2D eigenvalue weighted by molar-refractivity contribution is 7.09. The number of methoxy groups -OCH3 is 1. The van der Waals surface area contributed by atoms with Crippen molar-refractivity contribution in [2.75, 3.05) is 13.7 Å². The minimum atomic E-state index is -0.886. The number of aliphatic carboxylic acids is 1. The van der Waals surface area contributed by atoms with Gasteiger partial charge in [-0.3, -0.25) is 10.1 Å². The molecule has 0 radical (unpaired) electrons. The Morgan fingerprint density at radius 2 is 2.57 bits per heavy atom. The van der Waals surface area contributed by atoms with Gasteiger partial charge in [-0.2, -0.15) is 0 Å². The largest absolute Gasteiger partial charge is 0.480 e. The SMILES string of the molecule is COCC(NCc1cccs1)C(=O)O. The second-order valence-electron chi connectivity index (χ2n) is 2.81. The van der Waals surface area contributed by atoms with Crippen LogP contribution in [0.2, 0.25) is 0 Å². The number of rotatable bonds is 6. The third-order valence-electron chi connectivity index (χ3n) is 1.73. The van der Waals surface area contributed by atoms with E-state index in [4.69, 9.17) is 9.84 Å². The molecular formula is C9H13NO3S. The van der Waals surface area contributed by atoms with Gasteiger partial charge in [-0.15, -0.1) is 11.3 Å². The fourth-order valence-electron chi connectivity index (χ4n) is 1.02. The maximum Gasteiger partial charge on any atom is 0.323 e. The summed E-state index contributed by atoms with van der Waals surface area (Å²) in [5, 5.41) is 13.7. The van der Waals surface area contributed by atoms with Crippen LogP contribution in [-0.4, -0.2) is 30.8 Å². The highest BCUT2D eigenvalue weighted by Gasteiger charge is 2.15. The number of nitrogens with one attached hydrogen (secondary N) is 1. The van der Waals surface area contributed by atoms with Gasteiger partial charge in [-0.1, -0.05) is 6.07 Å². The van der Waals surface area contributed by atoms with Crippen LogP contribution in [0.15, 0.2) is 17.5 Å². The van der Waals surface area contributed by atoms with Crippen molar-refractivity contribution < 1.29 is 14.6 Å². The molecule has 0 amide bonds. The fourth-order valence-corrected chi connectivity index (χ4v) is 1.68. The van der Waals surface area contributed by atoms with Crippen molar-refractivity contribution in [3.05, 3.63) is 22.4 Å². The number of thiophene rings is 1. The van der Waals surface area contributed by atoms with Gasteiger partial charge in [0, 0.05) is 18.5 Å². The molecule has 1 heterocycles. The predicted molar refractivity (Wildman–Crippen MR) is 54.5 cm³/mol. The summed E-state index contributed by atoms with van der Waals surface area (Å²) < 4.78 is 4.80. The Balaban J connectivity index is 2.37. The highest BCUT2D eigenvalue weighted by atomic mass is 32.1. The Bertz CT molecular complexity index is 274. The lowest BCUT2D eigenvalue weighted by molar-refractivity contribution is -0.140. The average Bonchev–Trinajstić information content (AvgIpc) is 2.64. The third kappa shape index (κ3) is 3.45. The molecule has 78 valence electrons. The maximum atomic E-state index is 10.7. The maximum absolute atomic E-state index is 10.7. The summed E-state index contributed by atoms with van der Waals surface area (Å²) in [5.74, 6) is -0.886. The fraction of sp³-hybridized carbons (Fsp3) is 0.444. The molecule has 0 spiro atoms. The molecule has 0 fully saturated rings. The zero-order valence-electron chi connectivity index (χ0n) is 7.90. The van der Waals surface area contributed by atoms with E-state index in [0.717, 1.165) is 4.88 Å². The topological polar surface area (TPSA) is 58.6 Å². The van der Waals surface area contributed by atoms with Crippen LogP contribution in [0.4, 0.5) is 0 Å². The Morgan fingerprint density at radius 3 is 3.07 bits per heavy atom. The van der Waals surface area contributed by atoms with E-state index in [0.29, 0.717) is 6.54 Å². The number of hydrogen-bond acceptors (Lipinski definition) is 4. The molecule has 0 aromatic carbocycles. The summed E-state index contributed by atoms with van der Waals surface area (Å²) in [7, 11) is 1.49. The second-order valence-corrected chi connectivity index (χ2v) is 3.84. The Morgan fingerprint density at radius 1 is 1.79 bits per heavy atom. The average molecular weight is 215 g/mol. The van der Waals surface area contributed by atoms with Crippen molar-refractivity contribution in [2.24, 2.45) is 0 Å². The van der Waals surface area contributed by atoms with Gasteiger partial charge in [0.1, 0.15) is 6.04 Å². The first-order valence-corrected chi connectivity index (χ1v) is 5.09.